The molecule has 0 fully saturated rings. The second kappa shape index (κ2) is 9.18. The molecule has 3 rings (SSSR count). The summed E-state index contributed by atoms with van der Waals surface area (Å²) in [4.78, 5) is 14.4. The normalized spacial score (nSPS) is 10.8. The van der Waals surface area contributed by atoms with Crippen molar-refractivity contribution in [2.45, 2.75) is 33.0 Å². The van der Waals surface area contributed by atoms with Crippen LogP contribution < -0.4 is 9.47 Å². The van der Waals surface area contributed by atoms with Gasteiger partial charge >= 0.3 is 0 Å². The Balaban J connectivity index is 1.58. The lowest BCUT2D eigenvalue weighted by atomic mass is 10.1. The van der Waals surface area contributed by atoms with Crippen molar-refractivity contribution in [1.29, 1.82) is 0 Å². The Labute approximate surface area is 170 Å². The zero-order valence-electron chi connectivity index (χ0n) is 17.1. The van der Waals surface area contributed by atoms with Gasteiger partial charge < -0.3 is 14.4 Å². The summed E-state index contributed by atoms with van der Waals surface area (Å²) in [7, 11) is 3.41. The van der Waals surface area contributed by atoms with E-state index in [2.05, 4.69) is 15.5 Å². The highest BCUT2D eigenvalue weighted by atomic mass is 16.5. The van der Waals surface area contributed by atoms with Crippen molar-refractivity contribution in [1.82, 2.24) is 25.1 Å². The molecule has 0 aliphatic heterocycles. The third kappa shape index (κ3) is 5.10. The average molecular weight is 395 g/mol. The van der Waals surface area contributed by atoms with Crippen LogP contribution in [0, 0.1) is 0 Å². The summed E-state index contributed by atoms with van der Waals surface area (Å²) >= 11 is 0. The zero-order chi connectivity index (χ0) is 20.8. The Bertz CT molecular complexity index is 936. The third-order valence-corrected chi connectivity index (χ3v) is 4.44. The van der Waals surface area contributed by atoms with Gasteiger partial charge in [-0.25, -0.2) is 4.68 Å². The molecule has 8 nitrogen and oxygen atoms in total. The van der Waals surface area contributed by atoms with Gasteiger partial charge in [0.15, 0.2) is 5.82 Å². The average Bonchev–Trinajstić information content (AvgIpc) is 3.21. The minimum absolute atomic E-state index is 0.0591. The molecule has 29 heavy (non-hydrogen) atoms. The minimum Gasteiger partial charge on any atom is -0.497 e. The number of tetrazole rings is 1. The van der Waals surface area contributed by atoms with Gasteiger partial charge in [0, 0.05) is 19.2 Å². The molecule has 2 aromatic carbocycles. The Morgan fingerprint density at radius 3 is 2.34 bits per heavy atom. The van der Waals surface area contributed by atoms with E-state index in [0.717, 1.165) is 11.3 Å². The lowest BCUT2D eigenvalue weighted by molar-refractivity contribution is 0.0785. The van der Waals surface area contributed by atoms with E-state index in [0.29, 0.717) is 23.7 Å². The van der Waals surface area contributed by atoms with Crippen molar-refractivity contribution in [3.63, 3.8) is 0 Å². The van der Waals surface area contributed by atoms with Crippen molar-refractivity contribution < 1.29 is 14.3 Å². The number of hydrogen-bond donors (Lipinski definition) is 0. The molecule has 0 N–H and O–H groups in total. The largest absolute Gasteiger partial charge is 0.497 e. The third-order valence-electron chi connectivity index (χ3n) is 4.44. The number of methoxy groups -OCH3 is 1. The highest BCUT2D eigenvalue weighted by Gasteiger charge is 2.13. The first kappa shape index (κ1) is 20.3. The van der Waals surface area contributed by atoms with Crippen LogP contribution in [0.25, 0.3) is 0 Å². The van der Waals surface area contributed by atoms with Crippen LogP contribution in [0.5, 0.6) is 11.5 Å². The van der Waals surface area contributed by atoms with E-state index < -0.39 is 0 Å². The Morgan fingerprint density at radius 1 is 1.07 bits per heavy atom. The molecular formula is C21H25N5O3. The predicted molar refractivity (Wildman–Crippen MR) is 108 cm³/mol. The standard InChI is InChI=1S/C21H25N5O3/c1-15(2)26-20(22-23-24-26)14-29-19-11-7-17(8-12-19)21(27)25(3)13-16-5-9-18(28-4)10-6-16/h5-12,15H,13-14H2,1-4H3. The molecule has 0 aliphatic rings. The second-order valence-corrected chi connectivity index (χ2v) is 6.96. The Morgan fingerprint density at radius 2 is 1.72 bits per heavy atom. The van der Waals surface area contributed by atoms with Gasteiger partial charge in [-0.1, -0.05) is 12.1 Å². The van der Waals surface area contributed by atoms with Crippen LogP contribution in [-0.4, -0.2) is 45.2 Å². The van der Waals surface area contributed by atoms with Crippen molar-refractivity contribution in [2.75, 3.05) is 14.2 Å². The Hall–Kier alpha value is -3.42. The van der Waals surface area contributed by atoms with E-state index in [1.165, 1.54) is 0 Å². The van der Waals surface area contributed by atoms with E-state index in [9.17, 15) is 4.79 Å². The number of carbonyl (C=O) groups excluding carboxylic acids is 1. The zero-order valence-corrected chi connectivity index (χ0v) is 17.1. The number of amides is 1. The minimum atomic E-state index is -0.0591. The molecule has 1 amide bonds. The monoisotopic (exact) mass is 395 g/mol. The van der Waals surface area contributed by atoms with Crippen molar-refractivity contribution in [2.24, 2.45) is 0 Å². The van der Waals surface area contributed by atoms with Crippen LogP contribution in [0.15, 0.2) is 48.5 Å². The van der Waals surface area contributed by atoms with E-state index in [1.807, 2.05) is 38.1 Å². The topological polar surface area (TPSA) is 82.4 Å². The van der Waals surface area contributed by atoms with Crippen molar-refractivity contribution in [3.05, 3.63) is 65.5 Å². The first-order valence-corrected chi connectivity index (χ1v) is 9.36. The summed E-state index contributed by atoms with van der Waals surface area (Å²) in [6.45, 7) is 4.78. The fourth-order valence-corrected chi connectivity index (χ4v) is 2.85. The van der Waals surface area contributed by atoms with Crippen LogP contribution in [0.4, 0.5) is 0 Å². The summed E-state index contributed by atoms with van der Waals surface area (Å²) in [5.74, 6) is 2.04. The molecule has 1 aromatic heterocycles. The SMILES string of the molecule is COc1ccc(CN(C)C(=O)c2ccc(OCc3nnnn3C(C)C)cc2)cc1. The van der Waals surface area contributed by atoms with Crippen LogP contribution in [0.3, 0.4) is 0 Å². The molecule has 0 bridgehead atoms. The molecular weight excluding hydrogens is 370 g/mol. The van der Waals surface area contributed by atoms with Gasteiger partial charge in [0.25, 0.3) is 5.91 Å². The number of rotatable bonds is 8. The summed E-state index contributed by atoms with van der Waals surface area (Å²) in [6, 6.07) is 14.9. The van der Waals surface area contributed by atoms with Gasteiger partial charge in [0.05, 0.1) is 13.2 Å². The van der Waals surface area contributed by atoms with Crippen LogP contribution in [-0.2, 0) is 13.2 Å². The molecule has 0 atom stereocenters. The maximum atomic E-state index is 12.7. The molecule has 0 aliphatic carbocycles. The van der Waals surface area contributed by atoms with Gasteiger partial charge in [-0.05, 0) is 66.2 Å². The smallest absolute Gasteiger partial charge is 0.253 e. The molecule has 0 saturated carbocycles. The number of aromatic nitrogens is 4. The van der Waals surface area contributed by atoms with E-state index >= 15 is 0 Å². The number of carbonyl (C=O) groups is 1. The predicted octanol–water partition coefficient (Wildman–Crippen LogP) is 3.11. The van der Waals surface area contributed by atoms with Crippen LogP contribution in [0.1, 0.15) is 41.6 Å². The van der Waals surface area contributed by atoms with E-state index in [1.54, 1.807) is 48.0 Å². The molecule has 3 aromatic rings. The lowest BCUT2D eigenvalue weighted by Gasteiger charge is -2.18. The maximum Gasteiger partial charge on any atom is 0.253 e. The summed E-state index contributed by atoms with van der Waals surface area (Å²) in [5, 5.41) is 11.6. The summed E-state index contributed by atoms with van der Waals surface area (Å²) in [6.07, 6.45) is 0. The fraction of sp³-hybridized carbons (Fsp3) is 0.333. The first-order valence-electron chi connectivity index (χ1n) is 9.36. The van der Waals surface area contributed by atoms with Gasteiger partial charge in [0.2, 0.25) is 0 Å². The molecule has 8 heteroatoms. The molecule has 0 unspecified atom stereocenters. The maximum absolute atomic E-state index is 12.7. The van der Waals surface area contributed by atoms with Crippen molar-refractivity contribution >= 4 is 5.91 Å². The van der Waals surface area contributed by atoms with Gasteiger partial charge in [0.1, 0.15) is 18.1 Å². The van der Waals surface area contributed by atoms with Crippen LogP contribution in [0.2, 0.25) is 0 Å². The van der Waals surface area contributed by atoms with Gasteiger partial charge in [-0.15, -0.1) is 5.10 Å². The number of hydrogen-bond acceptors (Lipinski definition) is 6. The lowest BCUT2D eigenvalue weighted by Crippen LogP contribution is -2.26. The number of ether oxygens (including phenoxy) is 2. The first-order chi connectivity index (χ1) is 14.0. The van der Waals surface area contributed by atoms with E-state index in [-0.39, 0.29) is 18.6 Å². The molecule has 0 radical (unpaired) electrons. The quantitative estimate of drug-likeness (QED) is 0.583. The fourth-order valence-electron chi connectivity index (χ4n) is 2.85. The molecule has 1 heterocycles. The van der Waals surface area contributed by atoms with Crippen LogP contribution >= 0.6 is 0 Å². The van der Waals surface area contributed by atoms with E-state index in [4.69, 9.17) is 9.47 Å². The second-order valence-electron chi connectivity index (χ2n) is 6.96. The highest BCUT2D eigenvalue weighted by molar-refractivity contribution is 5.94. The molecule has 152 valence electrons. The molecule has 0 saturated heterocycles. The highest BCUT2D eigenvalue weighted by Crippen LogP contribution is 2.17. The summed E-state index contributed by atoms with van der Waals surface area (Å²) in [5.41, 5.74) is 1.63. The summed E-state index contributed by atoms with van der Waals surface area (Å²) < 4.78 is 12.6. The number of benzene rings is 2. The molecule has 0 spiro atoms. The van der Waals surface area contributed by atoms with Gasteiger partial charge in [-0.2, -0.15) is 0 Å². The number of nitrogens with zero attached hydrogens (tertiary/aromatic N) is 5. The Kier molecular flexibility index (Phi) is 6.43. The van der Waals surface area contributed by atoms with Crippen molar-refractivity contribution in [3.8, 4) is 11.5 Å². The van der Waals surface area contributed by atoms with Gasteiger partial charge in [-0.3, -0.25) is 4.79 Å².